The zero-order valence-electron chi connectivity index (χ0n) is 19.5. The molecule has 0 bridgehead atoms. The maximum atomic E-state index is 14.7. The van der Waals surface area contributed by atoms with Gasteiger partial charge in [-0.1, -0.05) is 41.1 Å². The summed E-state index contributed by atoms with van der Waals surface area (Å²) in [6, 6.07) is 6.48. The third kappa shape index (κ3) is 4.38. The van der Waals surface area contributed by atoms with Crippen molar-refractivity contribution in [1.29, 1.82) is 0 Å². The van der Waals surface area contributed by atoms with Gasteiger partial charge in [0.2, 0.25) is 11.8 Å². The molecule has 1 saturated heterocycles. The van der Waals surface area contributed by atoms with Crippen LogP contribution in [0.2, 0.25) is 15.5 Å². The number of hydrogen-bond acceptors (Lipinski definition) is 4. The number of alkyl halides is 2. The molecule has 2 aromatic carbocycles. The fraction of sp³-hybridized carbons (Fsp3) is 0.273. The lowest BCUT2D eigenvalue weighted by Crippen LogP contribution is -2.66. The summed E-state index contributed by atoms with van der Waals surface area (Å²) >= 11 is 5.71. The molecule has 2 N–H and O–H groups in total. The Hall–Kier alpha value is -2.94. The van der Waals surface area contributed by atoms with Gasteiger partial charge in [0.05, 0.1) is 47.1 Å². The van der Waals surface area contributed by atoms with Crippen LogP contribution in [0.1, 0.15) is 27.0 Å². The van der Waals surface area contributed by atoms with E-state index >= 15 is 0 Å². The molecule has 0 aliphatic carbocycles. The van der Waals surface area contributed by atoms with Crippen molar-refractivity contribution in [3.05, 3.63) is 69.7 Å². The fourth-order valence-corrected chi connectivity index (χ4v) is 4.39. The zero-order valence-corrected chi connectivity index (χ0v) is 20.3. The van der Waals surface area contributed by atoms with Crippen molar-refractivity contribution in [2.75, 3.05) is 0 Å². The van der Waals surface area contributed by atoms with Crippen LogP contribution in [-0.4, -0.2) is 81.6 Å². The van der Waals surface area contributed by atoms with E-state index in [0.717, 1.165) is 17.0 Å². The first-order valence-corrected chi connectivity index (χ1v) is 11.3. The molecule has 0 saturated carbocycles. The van der Waals surface area contributed by atoms with Gasteiger partial charge >= 0.3 is 5.92 Å². The molecule has 178 valence electrons. The number of nitrogens with one attached hydrogen (secondary N) is 2. The second-order valence-corrected chi connectivity index (χ2v) is 9.67. The van der Waals surface area contributed by atoms with E-state index in [2.05, 4.69) is 0 Å². The van der Waals surface area contributed by atoms with Gasteiger partial charge < -0.3 is 10.2 Å². The second-order valence-electron chi connectivity index (χ2n) is 9.23. The van der Waals surface area contributed by atoms with E-state index in [9.17, 15) is 28.0 Å². The fourth-order valence-electron chi connectivity index (χ4n) is 4.26. The molecule has 0 spiro atoms. The van der Waals surface area contributed by atoms with Crippen LogP contribution in [-0.2, 0) is 32.2 Å². The summed E-state index contributed by atoms with van der Waals surface area (Å²) in [5, 5.41) is -3.04. The Bertz CT molecular complexity index is 1370. The van der Waals surface area contributed by atoms with Crippen molar-refractivity contribution in [1.82, 2.24) is 15.5 Å². The summed E-state index contributed by atoms with van der Waals surface area (Å²) < 4.78 is 29.5. The highest BCUT2D eigenvalue weighted by atomic mass is 35.5. The minimum Gasteiger partial charge on any atom is -0.358 e. The van der Waals surface area contributed by atoms with E-state index in [4.69, 9.17) is 58.7 Å². The highest BCUT2D eigenvalue weighted by molar-refractivity contribution is 6.63. The van der Waals surface area contributed by atoms with Crippen molar-refractivity contribution in [3.8, 4) is 0 Å². The molecule has 0 aromatic heterocycles. The Labute approximate surface area is 229 Å². The summed E-state index contributed by atoms with van der Waals surface area (Å²) in [6.45, 7) is -0.286. The van der Waals surface area contributed by atoms with Gasteiger partial charge in [-0.15, -0.1) is 0 Å². The van der Waals surface area contributed by atoms with E-state index in [0.29, 0.717) is 0 Å². The molecule has 1 fully saturated rings. The van der Waals surface area contributed by atoms with Crippen LogP contribution in [0, 0.1) is 0 Å². The van der Waals surface area contributed by atoms with Gasteiger partial charge in [-0.2, -0.15) is 8.78 Å². The standard InChI is InChI=1S/C22H12B6ClF2N3O4/c23-20(24)14(15(35)32-18(38)21(20,25)26)34-8-9-7-11(3-6-13(9)16(34)36)22(27,28)33-17(37)19(30,31)10-1-4-12(29)5-2-10/h1-7,14H,8H2,(H,33,37)(H,32,35,38). The number of fused-ring (bicyclic) bond motifs is 1. The number of benzene rings is 2. The molecule has 4 rings (SSSR count). The number of carbonyl (C=O) groups excluding carboxylic acids is 4. The zero-order chi connectivity index (χ0) is 28.4. The van der Waals surface area contributed by atoms with Crippen molar-refractivity contribution in [3.63, 3.8) is 0 Å². The third-order valence-corrected chi connectivity index (χ3v) is 6.82. The van der Waals surface area contributed by atoms with Gasteiger partial charge in [-0.25, -0.2) is 0 Å². The predicted octanol–water partition coefficient (Wildman–Crippen LogP) is -0.417. The average molecular weight is 521 g/mol. The number of nitrogens with zero attached hydrogens (tertiary/aromatic N) is 1. The summed E-state index contributed by atoms with van der Waals surface area (Å²) in [4.78, 5) is 51.2. The molecular formula is C22H12B6ClF2N3O4. The Kier molecular flexibility index (Phi) is 6.70. The van der Waals surface area contributed by atoms with Crippen LogP contribution in [0.5, 0.6) is 0 Å². The first-order valence-electron chi connectivity index (χ1n) is 10.9. The summed E-state index contributed by atoms with van der Waals surface area (Å²) in [7, 11) is 35.5. The van der Waals surface area contributed by atoms with Crippen LogP contribution in [0.25, 0.3) is 0 Å². The second kappa shape index (κ2) is 9.07. The summed E-state index contributed by atoms with van der Waals surface area (Å²) in [5.41, 5.74) is -0.375. The van der Waals surface area contributed by atoms with Crippen molar-refractivity contribution >= 4 is 82.3 Å². The lowest BCUT2D eigenvalue weighted by atomic mass is 9.26. The molecule has 1 unspecified atom stereocenters. The molecule has 2 aliphatic rings. The first kappa shape index (κ1) is 28.1. The van der Waals surface area contributed by atoms with E-state index in [1.54, 1.807) is 0 Å². The van der Waals surface area contributed by atoms with Gasteiger partial charge in [0.1, 0.15) is 6.04 Å². The lowest BCUT2D eigenvalue weighted by molar-refractivity contribution is -0.147. The van der Waals surface area contributed by atoms with Crippen LogP contribution in [0.15, 0.2) is 42.5 Å². The monoisotopic (exact) mass is 521 g/mol. The highest BCUT2D eigenvalue weighted by Gasteiger charge is 2.56. The molecule has 2 aliphatic heterocycles. The van der Waals surface area contributed by atoms with Gasteiger partial charge in [0.25, 0.3) is 11.8 Å². The maximum absolute atomic E-state index is 14.7. The number of rotatable bonds is 5. The van der Waals surface area contributed by atoms with Gasteiger partial charge in [-0.05, 0) is 39.9 Å². The number of imide groups is 1. The predicted molar refractivity (Wildman–Crippen MR) is 138 cm³/mol. The molecular weight excluding hydrogens is 509 g/mol. The van der Waals surface area contributed by atoms with E-state index in [1.165, 1.54) is 30.3 Å². The number of amides is 4. The topological polar surface area (TPSA) is 95.6 Å². The normalized spacial score (nSPS) is 20.6. The highest BCUT2D eigenvalue weighted by Crippen LogP contribution is 2.50. The number of hydrogen-bond donors (Lipinski definition) is 2. The molecule has 4 amide bonds. The quantitative estimate of drug-likeness (QED) is 0.414. The minimum absolute atomic E-state index is 0.0480. The van der Waals surface area contributed by atoms with Crippen LogP contribution < -0.4 is 10.6 Å². The largest absolute Gasteiger partial charge is 0.358 e. The average Bonchev–Trinajstić information content (AvgIpc) is 3.13. The van der Waals surface area contributed by atoms with Gasteiger partial charge in [-0.3, -0.25) is 24.5 Å². The van der Waals surface area contributed by atoms with Gasteiger partial charge in [0.15, 0.2) is 0 Å². The molecule has 16 heteroatoms. The molecule has 1 atom stereocenters. The molecule has 38 heavy (non-hydrogen) atoms. The Morgan fingerprint density at radius 2 is 1.61 bits per heavy atom. The Morgan fingerprint density at radius 3 is 2.21 bits per heavy atom. The number of halogens is 3. The van der Waals surface area contributed by atoms with Crippen molar-refractivity contribution in [2.24, 2.45) is 0 Å². The van der Waals surface area contributed by atoms with Crippen LogP contribution in [0.3, 0.4) is 0 Å². The smallest absolute Gasteiger partial charge is 0.349 e. The first-order chi connectivity index (χ1) is 17.4. The summed E-state index contributed by atoms with van der Waals surface area (Å²) in [5.74, 6) is -8.64. The van der Waals surface area contributed by atoms with Gasteiger partial charge in [0, 0.05) is 22.7 Å². The molecule has 7 nitrogen and oxygen atoms in total. The Morgan fingerprint density at radius 1 is 1.03 bits per heavy atom. The van der Waals surface area contributed by atoms with E-state index in [-0.39, 0.29) is 28.3 Å². The van der Waals surface area contributed by atoms with Crippen LogP contribution in [0.4, 0.5) is 8.78 Å². The van der Waals surface area contributed by atoms with Crippen LogP contribution >= 0.6 is 11.6 Å². The van der Waals surface area contributed by atoms with E-state index < -0.39 is 56.9 Å². The van der Waals surface area contributed by atoms with E-state index in [1.807, 2.05) is 10.6 Å². The van der Waals surface area contributed by atoms with Crippen molar-refractivity contribution in [2.45, 2.75) is 34.3 Å². The summed E-state index contributed by atoms with van der Waals surface area (Å²) in [6.07, 6.45) is 0. The molecule has 2 heterocycles. The minimum atomic E-state index is -4.01. The number of piperidine rings is 1. The molecule has 2 aromatic rings. The number of carbonyl (C=O) groups is 4. The lowest BCUT2D eigenvalue weighted by Gasteiger charge is -2.53. The maximum Gasteiger partial charge on any atom is 0.349 e. The molecule has 12 radical (unpaired) electrons. The van der Waals surface area contributed by atoms with Crippen molar-refractivity contribution < 1.29 is 28.0 Å². The Balaban J connectivity index is 1.59. The third-order valence-electron chi connectivity index (χ3n) is 6.57. The SMILES string of the molecule is [B]C([B])(NC(=O)C(F)(F)c1ccc(Cl)cc1)c1ccc2c(c1)CN(C1C(=O)NC(=O)C([B])([B])C1([B])[B])C2=O.